The van der Waals surface area contributed by atoms with Crippen LogP contribution in [0.2, 0.25) is 5.02 Å². The number of carbonyl (C=O) groups excluding carboxylic acids is 1. The van der Waals surface area contributed by atoms with Crippen LogP contribution in [0.3, 0.4) is 0 Å². The second kappa shape index (κ2) is 9.21. The van der Waals surface area contributed by atoms with Gasteiger partial charge in [0.25, 0.3) is 0 Å². The Balaban J connectivity index is 1.30. The first-order chi connectivity index (χ1) is 14.2. The van der Waals surface area contributed by atoms with Gasteiger partial charge in [-0.3, -0.25) is 4.79 Å². The number of hydrogen-bond donors (Lipinski definition) is 2. The summed E-state index contributed by atoms with van der Waals surface area (Å²) in [6.45, 7) is 3.27. The van der Waals surface area contributed by atoms with E-state index in [1.807, 2.05) is 29.6 Å². The van der Waals surface area contributed by atoms with Crippen molar-refractivity contribution in [1.82, 2.24) is 9.97 Å². The third-order valence-electron chi connectivity index (χ3n) is 4.38. The van der Waals surface area contributed by atoms with Crippen molar-refractivity contribution < 1.29 is 9.53 Å². The second-order valence-corrected chi connectivity index (χ2v) is 7.80. The highest BCUT2D eigenvalue weighted by Gasteiger charge is 2.12. The van der Waals surface area contributed by atoms with Gasteiger partial charge < -0.3 is 20.3 Å². The Labute approximate surface area is 177 Å². The third-order valence-corrected chi connectivity index (χ3v) is 5.41. The van der Waals surface area contributed by atoms with E-state index in [4.69, 9.17) is 16.3 Å². The maximum Gasteiger partial charge on any atom is 0.230 e. The molecule has 1 aliphatic rings. The van der Waals surface area contributed by atoms with Crippen LogP contribution in [0.5, 0.6) is 0 Å². The van der Waals surface area contributed by atoms with Crippen LogP contribution in [0.4, 0.5) is 22.3 Å². The Morgan fingerprint density at radius 2 is 1.97 bits per heavy atom. The van der Waals surface area contributed by atoms with Gasteiger partial charge in [0.15, 0.2) is 5.13 Å². The van der Waals surface area contributed by atoms with Crippen molar-refractivity contribution >= 4 is 51.2 Å². The largest absolute Gasteiger partial charge is 0.378 e. The number of carbonyl (C=O) groups is 1. The van der Waals surface area contributed by atoms with E-state index in [9.17, 15) is 4.79 Å². The molecule has 1 aromatic carbocycles. The molecule has 7 nitrogen and oxygen atoms in total. The number of halogens is 1. The summed E-state index contributed by atoms with van der Waals surface area (Å²) in [4.78, 5) is 23.2. The van der Waals surface area contributed by atoms with Crippen LogP contribution in [0.1, 0.15) is 5.69 Å². The fourth-order valence-corrected chi connectivity index (χ4v) is 3.78. The minimum Gasteiger partial charge on any atom is -0.378 e. The molecule has 0 radical (unpaired) electrons. The molecule has 150 valence electrons. The van der Waals surface area contributed by atoms with Crippen molar-refractivity contribution in [2.24, 2.45) is 0 Å². The van der Waals surface area contributed by atoms with Crippen molar-refractivity contribution in [3.8, 4) is 0 Å². The van der Waals surface area contributed by atoms with E-state index in [1.54, 1.807) is 18.3 Å². The van der Waals surface area contributed by atoms with Crippen molar-refractivity contribution in [3.63, 3.8) is 0 Å². The predicted octanol–water partition coefficient (Wildman–Crippen LogP) is 3.95. The molecule has 0 unspecified atom stereocenters. The molecule has 1 amide bonds. The third kappa shape index (κ3) is 5.44. The van der Waals surface area contributed by atoms with E-state index >= 15 is 0 Å². The van der Waals surface area contributed by atoms with Gasteiger partial charge in [-0.1, -0.05) is 11.6 Å². The molecule has 29 heavy (non-hydrogen) atoms. The first kappa shape index (κ1) is 19.6. The molecule has 4 rings (SSSR count). The highest BCUT2D eigenvalue weighted by atomic mass is 35.5. The van der Waals surface area contributed by atoms with Crippen molar-refractivity contribution in [3.05, 3.63) is 58.7 Å². The van der Waals surface area contributed by atoms with Gasteiger partial charge in [-0.2, -0.15) is 0 Å². The number of aromatic nitrogens is 2. The molecule has 0 spiro atoms. The fourth-order valence-electron chi connectivity index (χ4n) is 2.95. The maximum absolute atomic E-state index is 12.4. The zero-order valence-corrected chi connectivity index (χ0v) is 17.2. The van der Waals surface area contributed by atoms with Crippen molar-refractivity contribution in [1.29, 1.82) is 0 Å². The van der Waals surface area contributed by atoms with Crippen LogP contribution in [0.25, 0.3) is 0 Å². The van der Waals surface area contributed by atoms with Crippen LogP contribution < -0.4 is 15.5 Å². The summed E-state index contributed by atoms with van der Waals surface area (Å²) in [6.07, 6.45) is 1.77. The monoisotopic (exact) mass is 429 g/mol. The van der Waals surface area contributed by atoms with Gasteiger partial charge in [0.1, 0.15) is 5.82 Å². The number of morpholine rings is 1. The lowest BCUT2D eigenvalue weighted by molar-refractivity contribution is -0.115. The molecule has 2 aromatic heterocycles. The highest BCUT2D eigenvalue weighted by molar-refractivity contribution is 7.13. The number of hydrogen-bond acceptors (Lipinski definition) is 7. The Bertz CT molecular complexity index is 956. The van der Waals surface area contributed by atoms with Crippen LogP contribution in [0.15, 0.2) is 48.0 Å². The molecular weight excluding hydrogens is 410 g/mol. The molecule has 3 heterocycles. The number of rotatable bonds is 6. The SMILES string of the molecule is O=C(Cc1csc(Nc2ccc(Cl)cn2)n1)Nc1ccc(N2CCOCC2)cc1. The summed E-state index contributed by atoms with van der Waals surface area (Å²) in [7, 11) is 0. The van der Waals surface area contributed by atoms with Crippen LogP contribution in [-0.4, -0.2) is 42.2 Å². The fraction of sp³-hybridized carbons (Fsp3) is 0.250. The number of benzene rings is 1. The Kier molecular flexibility index (Phi) is 6.24. The van der Waals surface area contributed by atoms with Gasteiger partial charge in [-0.05, 0) is 36.4 Å². The molecule has 0 bridgehead atoms. The van der Waals surface area contributed by atoms with Crippen molar-refractivity contribution in [2.45, 2.75) is 6.42 Å². The first-order valence-electron chi connectivity index (χ1n) is 9.21. The van der Waals surface area contributed by atoms with Crippen LogP contribution in [-0.2, 0) is 16.0 Å². The van der Waals surface area contributed by atoms with Gasteiger partial charge in [0.2, 0.25) is 5.91 Å². The van der Waals surface area contributed by atoms with Crippen LogP contribution in [0, 0.1) is 0 Å². The number of amides is 1. The zero-order chi connectivity index (χ0) is 20.1. The molecule has 9 heteroatoms. The predicted molar refractivity (Wildman–Crippen MR) is 116 cm³/mol. The summed E-state index contributed by atoms with van der Waals surface area (Å²) < 4.78 is 5.38. The average Bonchev–Trinajstić information content (AvgIpc) is 3.17. The smallest absolute Gasteiger partial charge is 0.230 e. The van der Waals surface area contributed by atoms with Crippen molar-refractivity contribution in [2.75, 3.05) is 41.8 Å². The van der Waals surface area contributed by atoms with E-state index in [2.05, 4.69) is 25.5 Å². The summed E-state index contributed by atoms with van der Waals surface area (Å²) >= 11 is 7.26. The standard InChI is InChI=1S/C20H20ClN5O2S/c21-14-1-6-18(22-12-14)25-20-24-16(13-29-20)11-19(27)23-15-2-4-17(5-3-15)26-7-9-28-10-8-26/h1-6,12-13H,7-11H2,(H,23,27)(H,22,24,25). The summed E-state index contributed by atoms with van der Waals surface area (Å²) in [5.41, 5.74) is 2.61. The number of nitrogens with zero attached hydrogens (tertiary/aromatic N) is 3. The molecule has 1 aliphatic heterocycles. The zero-order valence-electron chi connectivity index (χ0n) is 15.6. The number of thiazole rings is 1. The molecule has 3 aromatic rings. The quantitative estimate of drug-likeness (QED) is 0.617. The minimum atomic E-state index is -0.106. The van der Waals surface area contributed by atoms with Crippen LogP contribution >= 0.6 is 22.9 Å². The van der Waals surface area contributed by atoms with Gasteiger partial charge >= 0.3 is 0 Å². The molecule has 1 fully saturated rings. The Morgan fingerprint density at radius 3 is 2.69 bits per heavy atom. The van der Waals surface area contributed by atoms with E-state index in [-0.39, 0.29) is 12.3 Å². The number of anilines is 4. The maximum atomic E-state index is 12.4. The number of nitrogens with one attached hydrogen (secondary N) is 2. The molecule has 0 aliphatic carbocycles. The summed E-state index contributed by atoms with van der Waals surface area (Å²) in [5, 5.41) is 9.14. The second-order valence-electron chi connectivity index (χ2n) is 6.50. The van der Waals surface area contributed by atoms with Gasteiger partial charge in [-0.25, -0.2) is 9.97 Å². The van der Waals surface area contributed by atoms with E-state index < -0.39 is 0 Å². The Morgan fingerprint density at radius 1 is 1.17 bits per heavy atom. The molecule has 2 N–H and O–H groups in total. The molecule has 0 saturated carbocycles. The topological polar surface area (TPSA) is 79.4 Å². The normalized spacial score (nSPS) is 13.9. The number of pyridine rings is 1. The van der Waals surface area contributed by atoms with E-state index in [1.165, 1.54) is 11.3 Å². The van der Waals surface area contributed by atoms with Gasteiger partial charge in [-0.15, -0.1) is 11.3 Å². The van der Waals surface area contributed by atoms with E-state index in [0.29, 0.717) is 21.7 Å². The molecule has 0 atom stereocenters. The van der Waals surface area contributed by atoms with Gasteiger partial charge in [0, 0.05) is 36.0 Å². The Hall–Kier alpha value is -2.68. The molecular formula is C20H20ClN5O2S. The lowest BCUT2D eigenvalue weighted by Gasteiger charge is -2.28. The van der Waals surface area contributed by atoms with Gasteiger partial charge in [0.05, 0.1) is 30.4 Å². The molecule has 1 saturated heterocycles. The van der Waals surface area contributed by atoms with E-state index in [0.717, 1.165) is 37.7 Å². The summed E-state index contributed by atoms with van der Waals surface area (Å²) in [5.74, 6) is 0.547. The number of ether oxygens (including phenoxy) is 1. The average molecular weight is 430 g/mol. The lowest BCUT2D eigenvalue weighted by Crippen LogP contribution is -2.36. The lowest BCUT2D eigenvalue weighted by atomic mass is 10.2. The minimum absolute atomic E-state index is 0.106. The summed E-state index contributed by atoms with van der Waals surface area (Å²) in [6, 6.07) is 11.4. The highest BCUT2D eigenvalue weighted by Crippen LogP contribution is 2.22. The first-order valence-corrected chi connectivity index (χ1v) is 10.5.